The molecule has 0 fully saturated rings. The van der Waals surface area contributed by atoms with Crippen LogP contribution in [0.4, 0.5) is 0 Å². The summed E-state index contributed by atoms with van der Waals surface area (Å²) in [5.74, 6) is -0.921. The first kappa shape index (κ1) is 8.01. The van der Waals surface area contributed by atoms with Crippen LogP contribution >= 0.6 is 0 Å². The summed E-state index contributed by atoms with van der Waals surface area (Å²) in [7, 11) is 0. The van der Waals surface area contributed by atoms with Gasteiger partial charge in [0.25, 0.3) is 0 Å². The van der Waals surface area contributed by atoms with E-state index in [0.717, 1.165) is 0 Å². The number of carboxylic acids is 1. The van der Waals surface area contributed by atoms with Crippen LogP contribution in [0, 0.1) is 5.92 Å². The first-order chi connectivity index (χ1) is 3.55. The number of hydrogen-bond acceptors (Lipinski definition) is 1. The normalized spacial score (nSPS) is 17.4. The summed E-state index contributed by atoms with van der Waals surface area (Å²) in [6.45, 7) is 3.62. The Labute approximate surface area is 57.5 Å². The van der Waals surface area contributed by atoms with Gasteiger partial charge in [-0.15, -0.1) is 0 Å². The van der Waals surface area contributed by atoms with Gasteiger partial charge in [-0.05, 0) is 0 Å². The van der Waals surface area contributed by atoms with Crippen LogP contribution in [0.25, 0.3) is 0 Å². The number of hydrogen-bond donors (Lipinski definition) is 1. The van der Waals surface area contributed by atoms with Gasteiger partial charge in [0, 0.05) is 0 Å². The summed E-state index contributed by atoms with van der Waals surface area (Å²) in [6, 6.07) is 0. The molecule has 2 atom stereocenters. The second kappa shape index (κ2) is 3.12. The van der Waals surface area contributed by atoms with Crippen LogP contribution < -0.4 is 0 Å². The Morgan fingerprint density at radius 1 is 1.62 bits per heavy atom. The molecule has 0 saturated carbocycles. The Bertz CT molecular complexity index is 90.4. The summed E-state index contributed by atoms with van der Waals surface area (Å²) < 4.78 is 0.243. The summed E-state index contributed by atoms with van der Waals surface area (Å²) >= 11 is 1.90. The minimum absolute atomic E-state index is 0.213. The number of carboxylic acid groups (broad SMARTS) is 1. The number of carbonyl (C=O) groups is 1. The van der Waals surface area contributed by atoms with E-state index in [0.29, 0.717) is 0 Å². The van der Waals surface area contributed by atoms with Crippen LogP contribution in [0.1, 0.15) is 13.8 Å². The molecule has 0 aromatic rings. The Balaban J connectivity index is 3.64. The van der Waals surface area contributed by atoms with Gasteiger partial charge in [-0.3, -0.25) is 0 Å². The molecule has 0 heterocycles. The van der Waals surface area contributed by atoms with E-state index >= 15 is 0 Å². The third-order valence-corrected chi connectivity index (χ3v) is 2.19. The Morgan fingerprint density at radius 2 is 2.00 bits per heavy atom. The quantitative estimate of drug-likeness (QED) is 0.624. The summed E-state index contributed by atoms with van der Waals surface area (Å²) in [6.07, 6.45) is 0. The van der Waals surface area contributed by atoms with Gasteiger partial charge in [0.2, 0.25) is 0 Å². The minimum atomic E-state index is -0.708. The van der Waals surface area contributed by atoms with Gasteiger partial charge in [0.15, 0.2) is 0 Å². The van der Waals surface area contributed by atoms with Crippen molar-refractivity contribution >= 4 is 22.5 Å². The van der Waals surface area contributed by atoms with E-state index in [4.69, 9.17) is 5.11 Å². The van der Waals surface area contributed by atoms with Crippen molar-refractivity contribution in [2.75, 3.05) is 0 Å². The average molecular weight is 174 g/mol. The van der Waals surface area contributed by atoms with Crippen LogP contribution in [0.2, 0.25) is 4.75 Å². The van der Waals surface area contributed by atoms with Crippen molar-refractivity contribution in [2.24, 2.45) is 5.92 Å². The molecule has 8 heavy (non-hydrogen) atoms. The standard InChI is InChI=1S/C5H9GeO2/c1-3(4(2)6)5(7)8/h3-4H,1-2H3,(H,7,8). The Kier molecular flexibility index (Phi) is 3.13. The summed E-state index contributed by atoms with van der Waals surface area (Å²) in [4.78, 5) is 10.1. The molecule has 3 radical (unpaired) electrons. The molecule has 2 nitrogen and oxygen atoms in total. The summed E-state index contributed by atoms with van der Waals surface area (Å²) in [5.41, 5.74) is 0. The van der Waals surface area contributed by atoms with E-state index in [1.54, 1.807) is 6.92 Å². The fourth-order valence-corrected chi connectivity index (χ4v) is 0.513. The molecule has 0 aromatic carbocycles. The van der Waals surface area contributed by atoms with E-state index in [-0.39, 0.29) is 10.7 Å². The molecule has 0 aliphatic heterocycles. The van der Waals surface area contributed by atoms with Crippen molar-refractivity contribution in [2.45, 2.75) is 18.6 Å². The molecule has 3 heteroatoms. The van der Waals surface area contributed by atoms with Crippen molar-refractivity contribution in [1.82, 2.24) is 0 Å². The van der Waals surface area contributed by atoms with Crippen LogP contribution in [0.15, 0.2) is 0 Å². The van der Waals surface area contributed by atoms with E-state index in [1.807, 2.05) is 23.4 Å². The molecule has 0 bridgehead atoms. The molecule has 45 valence electrons. The first-order valence-electron chi connectivity index (χ1n) is 2.49. The van der Waals surface area contributed by atoms with Crippen molar-refractivity contribution in [3.05, 3.63) is 0 Å². The SMILES string of the molecule is C[CH]([Ge])C(C)C(=O)O. The molecule has 0 rings (SSSR count). The zero-order valence-electron chi connectivity index (χ0n) is 5.01. The van der Waals surface area contributed by atoms with Gasteiger partial charge in [-0.2, -0.15) is 0 Å². The second-order valence-corrected chi connectivity index (χ2v) is 3.83. The maximum absolute atomic E-state index is 10.1. The number of rotatable bonds is 2. The zero-order chi connectivity index (χ0) is 6.73. The molecule has 2 unspecified atom stereocenters. The van der Waals surface area contributed by atoms with Crippen LogP contribution in [-0.4, -0.2) is 27.6 Å². The molecule has 0 aliphatic carbocycles. The molecule has 0 aromatic heterocycles. The zero-order valence-corrected chi connectivity index (χ0v) is 7.11. The van der Waals surface area contributed by atoms with E-state index < -0.39 is 5.97 Å². The van der Waals surface area contributed by atoms with Gasteiger partial charge in [-0.25, -0.2) is 0 Å². The maximum atomic E-state index is 10.1. The predicted molar refractivity (Wildman–Crippen MR) is 32.0 cm³/mol. The van der Waals surface area contributed by atoms with E-state index in [2.05, 4.69) is 0 Å². The van der Waals surface area contributed by atoms with Crippen LogP contribution in [-0.2, 0) is 4.79 Å². The van der Waals surface area contributed by atoms with Gasteiger partial charge in [0.1, 0.15) is 0 Å². The molecule has 0 saturated heterocycles. The fraction of sp³-hybridized carbons (Fsp3) is 0.800. The average Bonchev–Trinajstić information content (AvgIpc) is 1.64. The monoisotopic (exact) mass is 175 g/mol. The third-order valence-electron chi connectivity index (χ3n) is 1.14. The molecule has 1 N–H and O–H groups in total. The summed E-state index contributed by atoms with van der Waals surface area (Å²) in [5, 5.41) is 8.35. The van der Waals surface area contributed by atoms with Crippen molar-refractivity contribution in [3.8, 4) is 0 Å². The van der Waals surface area contributed by atoms with E-state index in [9.17, 15) is 4.79 Å². The molecule has 0 spiro atoms. The van der Waals surface area contributed by atoms with Gasteiger partial charge in [0.05, 0.1) is 0 Å². The van der Waals surface area contributed by atoms with Gasteiger partial charge < -0.3 is 0 Å². The van der Waals surface area contributed by atoms with Gasteiger partial charge >= 0.3 is 56.9 Å². The van der Waals surface area contributed by atoms with Crippen molar-refractivity contribution in [1.29, 1.82) is 0 Å². The second-order valence-electron chi connectivity index (χ2n) is 1.92. The topological polar surface area (TPSA) is 37.3 Å². The van der Waals surface area contributed by atoms with Gasteiger partial charge in [-0.1, -0.05) is 0 Å². The predicted octanol–water partition coefficient (Wildman–Crippen LogP) is 0.684. The number of aliphatic carboxylic acids is 1. The van der Waals surface area contributed by atoms with Crippen LogP contribution in [0.3, 0.4) is 0 Å². The molecule has 0 amide bonds. The van der Waals surface area contributed by atoms with Crippen molar-refractivity contribution in [3.63, 3.8) is 0 Å². The van der Waals surface area contributed by atoms with E-state index in [1.165, 1.54) is 0 Å². The van der Waals surface area contributed by atoms with Crippen molar-refractivity contribution < 1.29 is 9.90 Å². The fourth-order valence-electron chi connectivity index (χ4n) is 0.214. The molecular formula is C5H9GeO2. The Hall–Kier alpha value is 0.0129. The Morgan fingerprint density at radius 3 is 2.00 bits per heavy atom. The molecule has 0 aliphatic rings. The first-order valence-corrected chi connectivity index (χ1v) is 3.70. The van der Waals surface area contributed by atoms with Crippen LogP contribution in [0.5, 0.6) is 0 Å². The molecular weight excluding hydrogens is 165 g/mol. The third kappa shape index (κ3) is 2.35.